The molecular weight excluding hydrogens is 372 g/mol. The summed E-state index contributed by atoms with van der Waals surface area (Å²) in [5, 5.41) is -0.124. The van der Waals surface area contributed by atoms with Gasteiger partial charge in [-0.25, -0.2) is 0 Å². The smallest absolute Gasteiger partial charge is 0.306 e. The van der Waals surface area contributed by atoms with Gasteiger partial charge in [-0.05, 0) is 30.7 Å². The predicted octanol–water partition coefficient (Wildman–Crippen LogP) is 5.16. The Balaban J connectivity index is 2.47. The van der Waals surface area contributed by atoms with Gasteiger partial charge in [0.1, 0.15) is 0 Å². The highest BCUT2D eigenvalue weighted by molar-refractivity contribution is 7.85. The molecule has 0 aliphatic heterocycles. The summed E-state index contributed by atoms with van der Waals surface area (Å²) in [7, 11) is -1.32. The first-order valence-electron chi connectivity index (χ1n) is 9.30. The molecule has 0 amide bonds. The number of ether oxygens (including phenoxy) is 1. The number of carbonyl (C=O) groups excluding carboxylic acids is 1. The Labute approximate surface area is 166 Å². The zero-order valence-corrected chi connectivity index (χ0v) is 18.7. The first-order chi connectivity index (χ1) is 12.7. The van der Waals surface area contributed by atoms with Gasteiger partial charge in [0, 0.05) is 24.1 Å². The maximum Gasteiger partial charge on any atom is 0.306 e. The third kappa shape index (κ3) is 6.43. The highest BCUT2D eigenvalue weighted by Crippen LogP contribution is 2.35. The zero-order chi connectivity index (χ0) is 20.0. The SMILES string of the molecule is COC(=O)C[C@H](c1ccccc1)[C@H](C[Si](C)(C)C)[S@@](=O)c1ccc(C)cc1. The van der Waals surface area contributed by atoms with Crippen molar-refractivity contribution >= 4 is 24.8 Å². The van der Waals surface area contributed by atoms with Crippen LogP contribution in [-0.4, -0.2) is 30.6 Å². The zero-order valence-electron chi connectivity index (χ0n) is 16.9. The molecule has 2 rings (SSSR count). The minimum atomic E-state index is -1.53. The van der Waals surface area contributed by atoms with E-state index in [1.165, 1.54) is 7.11 Å². The number of hydrogen-bond donors (Lipinski definition) is 0. The Morgan fingerprint density at radius 2 is 1.63 bits per heavy atom. The molecular formula is C22H30O3SSi. The molecule has 0 heterocycles. The lowest BCUT2D eigenvalue weighted by atomic mass is 9.93. The van der Waals surface area contributed by atoms with E-state index in [0.29, 0.717) is 0 Å². The predicted molar refractivity (Wildman–Crippen MR) is 115 cm³/mol. The maximum atomic E-state index is 13.6. The average Bonchev–Trinajstić information content (AvgIpc) is 2.64. The van der Waals surface area contributed by atoms with Crippen LogP contribution >= 0.6 is 0 Å². The van der Waals surface area contributed by atoms with Gasteiger partial charge < -0.3 is 4.74 Å². The minimum absolute atomic E-state index is 0.124. The molecule has 0 radical (unpaired) electrons. The van der Waals surface area contributed by atoms with Gasteiger partial charge in [0.2, 0.25) is 0 Å². The van der Waals surface area contributed by atoms with Gasteiger partial charge in [0.15, 0.2) is 0 Å². The van der Waals surface area contributed by atoms with Crippen LogP contribution < -0.4 is 0 Å². The fraction of sp³-hybridized carbons (Fsp3) is 0.409. The Kier molecular flexibility index (Phi) is 7.56. The molecule has 146 valence electrons. The normalized spacial score (nSPS) is 15.0. The van der Waals surface area contributed by atoms with Crippen LogP contribution in [0.1, 0.15) is 23.5 Å². The van der Waals surface area contributed by atoms with Gasteiger partial charge in [0.25, 0.3) is 0 Å². The lowest BCUT2D eigenvalue weighted by molar-refractivity contribution is -0.141. The first-order valence-corrected chi connectivity index (χ1v) is 14.2. The molecule has 3 nitrogen and oxygen atoms in total. The van der Waals surface area contributed by atoms with Gasteiger partial charge in [-0.2, -0.15) is 0 Å². The van der Waals surface area contributed by atoms with Crippen molar-refractivity contribution in [2.24, 2.45) is 0 Å². The van der Waals surface area contributed by atoms with Crippen LogP contribution in [0.4, 0.5) is 0 Å². The fourth-order valence-corrected chi connectivity index (χ4v) is 8.15. The second kappa shape index (κ2) is 9.47. The molecule has 0 N–H and O–H groups in total. The van der Waals surface area contributed by atoms with Gasteiger partial charge in [0.05, 0.1) is 24.3 Å². The Morgan fingerprint density at radius 1 is 1.04 bits per heavy atom. The lowest BCUT2D eigenvalue weighted by Gasteiger charge is -2.31. The Hall–Kier alpha value is -1.72. The topological polar surface area (TPSA) is 43.4 Å². The van der Waals surface area contributed by atoms with E-state index in [4.69, 9.17) is 4.74 Å². The Morgan fingerprint density at radius 3 is 2.15 bits per heavy atom. The van der Waals surface area contributed by atoms with E-state index in [9.17, 15) is 9.00 Å². The van der Waals surface area contributed by atoms with Crippen molar-refractivity contribution in [2.75, 3.05) is 7.11 Å². The van der Waals surface area contributed by atoms with Gasteiger partial charge in [-0.1, -0.05) is 67.7 Å². The summed E-state index contributed by atoms with van der Waals surface area (Å²) in [5.41, 5.74) is 2.19. The third-order valence-electron chi connectivity index (χ3n) is 4.63. The number of methoxy groups -OCH3 is 1. The summed E-state index contributed by atoms with van der Waals surface area (Å²) in [5.74, 6) is -0.391. The van der Waals surface area contributed by atoms with Crippen LogP contribution in [0.25, 0.3) is 0 Å². The van der Waals surface area contributed by atoms with Crippen molar-refractivity contribution in [3.05, 3.63) is 65.7 Å². The summed E-state index contributed by atoms with van der Waals surface area (Å²) in [6, 6.07) is 18.7. The minimum Gasteiger partial charge on any atom is -0.469 e. The molecule has 0 spiro atoms. The lowest BCUT2D eigenvalue weighted by Crippen LogP contribution is -2.35. The molecule has 0 saturated carbocycles. The highest BCUT2D eigenvalue weighted by atomic mass is 32.2. The van der Waals surface area contributed by atoms with E-state index in [0.717, 1.165) is 22.1 Å². The number of carbonyl (C=O) groups is 1. The van der Waals surface area contributed by atoms with Crippen LogP contribution in [-0.2, 0) is 20.3 Å². The molecule has 0 unspecified atom stereocenters. The van der Waals surface area contributed by atoms with Crippen molar-refractivity contribution in [1.82, 2.24) is 0 Å². The molecule has 3 atom stereocenters. The quantitative estimate of drug-likeness (QED) is 0.453. The van der Waals surface area contributed by atoms with Crippen molar-refractivity contribution < 1.29 is 13.7 Å². The summed E-state index contributed by atoms with van der Waals surface area (Å²) < 4.78 is 18.6. The van der Waals surface area contributed by atoms with Gasteiger partial charge in [-0.3, -0.25) is 9.00 Å². The second-order valence-corrected chi connectivity index (χ2v) is 15.4. The largest absolute Gasteiger partial charge is 0.469 e. The summed E-state index contributed by atoms with van der Waals surface area (Å²) in [4.78, 5) is 13.0. The van der Waals surface area contributed by atoms with Crippen molar-refractivity contribution in [1.29, 1.82) is 0 Å². The maximum absolute atomic E-state index is 13.6. The van der Waals surface area contributed by atoms with Crippen molar-refractivity contribution in [3.63, 3.8) is 0 Å². The van der Waals surface area contributed by atoms with E-state index >= 15 is 0 Å². The number of benzene rings is 2. The monoisotopic (exact) mass is 402 g/mol. The van der Waals surface area contributed by atoms with E-state index in [1.807, 2.05) is 61.5 Å². The van der Waals surface area contributed by atoms with Crippen molar-refractivity contribution in [2.45, 2.75) is 55.1 Å². The van der Waals surface area contributed by atoms with Crippen LogP contribution in [0.3, 0.4) is 0 Å². The van der Waals surface area contributed by atoms with Gasteiger partial charge in [-0.15, -0.1) is 0 Å². The van der Waals surface area contributed by atoms with E-state index in [1.54, 1.807) is 0 Å². The van der Waals surface area contributed by atoms with E-state index < -0.39 is 18.9 Å². The summed E-state index contributed by atoms with van der Waals surface area (Å²) in [6.45, 7) is 8.88. The third-order valence-corrected chi connectivity index (χ3v) is 8.37. The Bertz CT molecular complexity index is 766. The molecule has 5 heteroatoms. The van der Waals surface area contributed by atoms with Crippen LogP contribution in [0.5, 0.6) is 0 Å². The number of hydrogen-bond acceptors (Lipinski definition) is 3. The van der Waals surface area contributed by atoms with Crippen LogP contribution in [0.15, 0.2) is 59.5 Å². The molecule has 0 fully saturated rings. The molecule has 2 aromatic carbocycles. The van der Waals surface area contributed by atoms with E-state index in [-0.39, 0.29) is 23.6 Å². The van der Waals surface area contributed by atoms with Crippen molar-refractivity contribution in [3.8, 4) is 0 Å². The number of aryl methyl sites for hydroxylation is 1. The molecule has 0 aliphatic rings. The molecule has 2 aromatic rings. The standard InChI is InChI=1S/C22H30O3SSi/c1-17-11-13-19(14-12-17)26(24)21(16-27(3,4)5)20(15-22(23)25-2)18-9-7-6-8-10-18/h6-14,20-21H,15-16H2,1-5H3/t20-,21+,26+/m1/s1. The molecule has 0 aliphatic carbocycles. The van der Waals surface area contributed by atoms with Gasteiger partial charge >= 0.3 is 5.97 Å². The average molecular weight is 403 g/mol. The van der Waals surface area contributed by atoms with E-state index in [2.05, 4.69) is 19.6 Å². The summed E-state index contributed by atoms with van der Waals surface area (Å²) in [6.07, 6.45) is 0.243. The molecule has 27 heavy (non-hydrogen) atoms. The highest BCUT2D eigenvalue weighted by Gasteiger charge is 2.35. The second-order valence-electron chi connectivity index (χ2n) is 8.21. The summed E-state index contributed by atoms with van der Waals surface area (Å²) >= 11 is 0. The molecule has 0 saturated heterocycles. The fourth-order valence-electron chi connectivity index (χ4n) is 3.24. The first kappa shape index (κ1) is 21.6. The molecule has 0 bridgehead atoms. The number of rotatable bonds is 8. The van der Waals surface area contributed by atoms with Crippen LogP contribution in [0, 0.1) is 6.92 Å². The number of esters is 1. The van der Waals surface area contributed by atoms with Crippen LogP contribution in [0.2, 0.25) is 25.7 Å². The molecule has 0 aromatic heterocycles.